The highest BCUT2D eigenvalue weighted by Gasteiger charge is 2.02. The van der Waals surface area contributed by atoms with Gasteiger partial charge in [-0.25, -0.2) is 4.52 Å². The summed E-state index contributed by atoms with van der Waals surface area (Å²) in [4.78, 5) is 11.3. The average Bonchev–Trinajstić information content (AvgIpc) is 2.53. The average molecular weight is 180 g/mol. The molecule has 2 aromatic rings. The number of fused-ring (bicyclic) bond motifs is 1. The van der Waals surface area contributed by atoms with Crippen molar-refractivity contribution in [2.75, 3.05) is 6.61 Å². The largest absolute Gasteiger partial charge is 0.478 e. The summed E-state index contributed by atoms with van der Waals surface area (Å²) in [6.07, 6.45) is 1.42. The highest BCUT2D eigenvalue weighted by atomic mass is 16.5. The third-order valence-electron chi connectivity index (χ3n) is 1.56. The molecule has 0 aromatic carbocycles. The first-order valence-corrected chi connectivity index (χ1v) is 3.87. The Kier molecular flexibility index (Phi) is 1.73. The normalized spacial score (nSPS) is 10.5. The summed E-state index contributed by atoms with van der Waals surface area (Å²) in [5, 5.41) is 10.0. The number of hydrogen-bond donors (Lipinski definition) is 1. The molecule has 0 amide bonds. The molecule has 0 bridgehead atoms. The zero-order chi connectivity index (χ0) is 9.26. The molecular weight excluding hydrogens is 172 g/mol. The van der Waals surface area contributed by atoms with Crippen molar-refractivity contribution >= 4 is 5.65 Å². The van der Waals surface area contributed by atoms with Gasteiger partial charge in [-0.1, -0.05) is 0 Å². The summed E-state index contributed by atoms with van der Waals surface area (Å²) in [5.41, 5.74) is 0.0585. The van der Waals surface area contributed by atoms with E-state index in [1.807, 2.05) is 6.92 Å². The summed E-state index contributed by atoms with van der Waals surface area (Å²) in [7, 11) is 0. The van der Waals surface area contributed by atoms with Crippen LogP contribution in [0.4, 0.5) is 0 Å². The van der Waals surface area contributed by atoms with E-state index in [1.165, 1.54) is 16.9 Å². The van der Waals surface area contributed by atoms with E-state index in [2.05, 4.69) is 15.3 Å². The molecule has 0 aliphatic heterocycles. The number of nitrogens with zero attached hydrogens (tertiary/aromatic N) is 3. The number of rotatable bonds is 2. The Morgan fingerprint density at radius 3 is 3.31 bits per heavy atom. The molecule has 2 heterocycles. The fraction of sp³-hybridized carbons (Fsp3) is 0.286. The molecule has 0 unspecified atom stereocenters. The lowest BCUT2D eigenvalue weighted by atomic mass is 10.5. The fourth-order valence-corrected chi connectivity index (χ4v) is 1.05. The second-order valence-corrected chi connectivity index (χ2v) is 2.44. The molecule has 68 valence electrons. The standard InChI is InChI=1S/C7H8N4O2/c1-2-13-6-3-5(12)7-9-8-4-11(7)10-6/h3-4,10H,2H2,1H3. The predicted molar refractivity (Wildman–Crippen MR) is 44.8 cm³/mol. The third-order valence-corrected chi connectivity index (χ3v) is 1.56. The number of aromatic amines is 1. The maximum Gasteiger partial charge on any atom is 0.230 e. The number of aromatic nitrogens is 4. The van der Waals surface area contributed by atoms with Gasteiger partial charge in [-0.05, 0) is 6.92 Å². The number of nitrogens with one attached hydrogen (secondary N) is 1. The molecular formula is C7H8N4O2. The Morgan fingerprint density at radius 1 is 1.69 bits per heavy atom. The van der Waals surface area contributed by atoms with E-state index < -0.39 is 0 Å². The van der Waals surface area contributed by atoms with Crippen molar-refractivity contribution in [3.63, 3.8) is 0 Å². The Balaban J connectivity index is 2.63. The lowest BCUT2D eigenvalue weighted by Crippen LogP contribution is -2.09. The molecule has 0 aliphatic rings. The van der Waals surface area contributed by atoms with Gasteiger partial charge in [0, 0.05) is 0 Å². The molecule has 2 rings (SSSR count). The predicted octanol–water partition coefficient (Wildman–Crippen LogP) is -0.184. The second-order valence-electron chi connectivity index (χ2n) is 2.44. The summed E-state index contributed by atoms with van der Waals surface area (Å²) in [6, 6.07) is 1.35. The van der Waals surface area contributed by atoms with Gasteiger partial charge in [-0.3, -0.25) is 9.89 Å². The van der Waals surface area contributed by atoms with Gasteiger partial charge in [0.05, 0.1) is 12.7 Å². The van der Waals surface area contributed by atoms with Crippen LogP contribution in [0.15, 0.2) is 17.2 Å². The third kappa shape index (κ3) is 1.26. The van der Waals surface area contributed by atoms with Crippen LogP contribution in [0.1, 0.15) is 6.92 Å². The maximum atomic E-state index is 11.3. The molecule has 0 radical (unpaired) electrons. The molecule has 0 fully saturated rings. The molecule has 13 heavy (non-hydrogen) atoms. The lowest BCUT2D eigenvalue weighted by Gasteiger charge is -2.01. The summed E-state index contributed by atoms with van der Waals surface area (Å²) < 4.78 is 6.56. The second kappa shape index (κ2) is 2.89. The van der Waals surface area contributed by atoms with Gasteiger partial charge in [0.1, 0.15) is 6.33 Å². The van der Waals surface area contributed by atoms with Gasteiger partial charge in [0.2, 0.25) is 17.0 Å². The molecule has 0 spiro atoms. The molecule has 6 heteroatoms. The van der Waals surface area contributed by atoms with E-state index in [1.54, 1.807) is 0 Å². The van der Waals surface area contributed by atoms with E-state index in [9.17, 15) is 4.79 Å². The van der Waals surface area contributed by atoms with Crippen molar-refractivity contribution in [1.82, 2.24) is 19.8 Å². The fourth-order valence-electron chi connectivity index (χ4n) is 1.05. The first-order valence-electron chi connectivity index (χ1n) is 3.87. The van der Waals surface area contributed by atoms with Crippen molar-refractivity contribution in [2.24, 2.45) is 0 Å². The van der Waals surface area contributed by atoms with Crippen LogP contribution in [0.25, 0.3) is 5.65 Å². The number of H-pyrrole nitrogens is 1. The Labute approximate surface area is 73.2 Å². The van der Waals surface area contributed by atoms with Crippen molar-refractivity contribution in [3.05, 3.63) is 22.6 Å². The lowest BCUT2D eigenvalue weighted by molar-refractivity contribution is 0.321. The van der Waals surface area contributed by atoms with Crippen LogP contribution < -0.4 is 10.2 Å². The van der Waals surface area contributed by atoms with Crippen LogP contribution in [-0.2, 0) is 0 Å². The number of hydrogen-bond acceptors (Lipinski definition) is 4. The molecule has 0 saturated heterocycles. The molecule has 6 nitrogen and oxygen atoms in total. The van der Waals surface area contributed by atoms with E-state index in [-0.39, 0.29) is 11.1 Å². The first kappa shape index (κ1) is 7.78. The minimum atomic E-state index is -0.209. The minimum Gasteiger partial charge on any atom is -0.478 e. The maximum absolute atomic E-state index is 11.3. The van der Waals surface area contributed by atoms with E-state index in [4.69, 9.17) is 4.74 Å². The zero-order valence-corrected chi connectivity index (χ0v) is 7.02. The van der Waals surface area contributed by atoms with Crippen LogP contribution in [-0.4, -0.2) is 26.4 Å². The van der Waals surface area contributed by atoms with Crippen LogP contribution in [0.3, 0.4) is 0 Å². The van der Waals surface area contributed by atoms with Crippen LogP contribution in [0.2, 0.25) is 0 Å². The highest BCUT2D eigenvalue weighted by Crippen LogP contribution is 2.01. The summed E-state index contributed by atoms with van der Waals surface area (Å²) >= 11 is 0. The van der Waals surface area contributed by atoms with Gasteiger partial charge >= 0.3 is 0 Å². The quantitative estimate of drug-likeness (QED) is 0.695. The minimum absolute atomic E-state index is 0.209. The van der Waals surface area contributed by atoms with E-state index in [0.29, 0.717) is 12.5 Å². The molecule has 0 atom stereocenters. The first-order chi connectivity index (χ1) is 6.31. The van der Waals surface area contributed by atoms with Crippen LogP contribution in [0, 0.1) is 0 Å². The van der Waals surface area contributed by atoms with Crippen LogP contribution >= 0.6 is 0 Å². The summed E-state index contributed by atoms with van der Waals surface area (Å²) in [6.45, 7) is 2.35. The van der Waals surface area contributed by atoms with E-state index >= 15 is 0 Å². The number of ether oxygens (including phenoxy) is 1. The van der Waals surface area contributed by atoms with Crippen molar-refractivity contribution in [3.8, 4) is 5.88 Å². The Hall–Kier alpha value is -1.85. The Bertz CT molecular complexity index is 473. The van der Waals surface area contributed by atoms with Crippen molar-refractivity contribution in [2.45, 2.75) is 6.92 Å². The SMILES string of the molecule is CCOc1cc(=O)c2nncn2[nH]1. The van der Waals surface area contributed by atoms with Gasteiger partial charge < -0.3 is 4.74 Å². The van der Waals surface area contributed by atoms with Crippen molar-refractivity contribution < 1.29 is 4.74 Å². The molecule has 0 aliphatic carbocycles. The van der Waals surface area contributed by atoms with Gasteiger partial charge in [-0.2, -0.15) is 0 Å². The monoisotopic (exact) mass is 180 g/mol. The Morgan fingerprint density at radius 2 is 2.54 bits per heavy atom. The smallest absolute Gasteiger partial charge is 0.230 e. The van der Waals surface area contributed by atoms with Gasteiger partial charge in [0.15, 0.2) is 0 Å². The zero-order valence-electron chi connectivity index (χ0n) is 7.02. The van der Waals surface area contributed by atoms with E-state index in [0.717, 1.165) is 0 Å². The van der Waals surface area contributed by atoms with Crippen molar-refractivity contribution in [1.29, 1.82) is 0 Å². The van der Waals surface area contributed by atoms with Gasteiger partial charge in [0.25, 0.3) is 0 Å². The molecule has 2 aromatic heterocycles. The molecule has 1 N–H and O–H groups in total. The summed E-state index contributed by atoms with van der Waals surface area (Å²) in [5.74, 6) is 0.416. The van der Waals surface area contributed by atoms with Gasteiger partial charge in [-0.15, -0.1) is 10.2 Å². The topological polar surface area (TPSA) is 72.3 Å². The highest BCUT2D eigenvalue weighted by molar-refractivity contribution is 5.35. The van der Waals surface area contributed by atoms with Crippen LogP contribution in [0.5, 0.6) is 5.88 Å². The molecule has 0 saturated carbocycles.